The van der Waals surface area contributed by atoms with Gasteiger partial charge in [0.15, 0.2) is 0 Å². The maximum atomic E-state index is 13.4. The maximum absolute atomic E-state index is 13.4. The molecule has 0 aliphatic carbocycles. The molecule has 0 radical (unpaired) electrons. The first-order valence-corrected chi connectivity index (χ1v) is 13.0. The Balaban J connectivity index is 1.32. The Bertz CT molecular complexity index is 1250. The van der Waals surface area contributed by atoms with Crippen molar-refractivity contribution in [3.63, 3.8) is 0 Å². The van der Waals surface area contributed by atoms with E-state index in [0.717, 1.165) is 24.9 Å². The van der Waals surface area contributed by atoms with Crippen LogP contribution in [0, 0.1) is 0 Å². The smallest absolute Gasteiger partial charge is 0.255 e. The molecular formula is C23H27N7O3S. The summed E-state index contributed by atoms with van der Waals surface area (Å²) in [5.41, 5.74) is 1.09. The number of tetrazole rings is 1. The van der Waals surface area contributed by atoms with Crippen molar-refractivity contribution in [1.82, 2.24) is 29.4 Å². The molecule has 1 amide bonds. The molecule has 0 bridgehead atoms. The third-order valence-corrected chi connectivity index (χ3v) is 8.31. The fourth-order valence-corrected chi connectivity index (χ4v) is 6.21. The number of para-hydroxylation sites is 1. The van der Waals surface area contributed by atoms with Crippen LogP contribution >= 0.6 is 0 Å². The molecule has 34 heavy (non-hydrogen) atoms. The lowest BCUT2D eigenvalue weighted by atomic mass is 10.2. The number of aromatic nitrogens is 4. The van der Waals surface area contributed by atoms with Crippen LogP contribution in [-0.2, 0) is 10.0 Å². The first kappa shape index (κ1) is 22.5. The van der Waals surface area contributed by atoms with Gasteiger partial charge in [0, 0.05) is 39.3 Å². The maximum Gasteiger partial charge on any atom is 0.255 e. The number of piperazine rings is 1. The van der Waals surface area contributed by atoms with Gasteiger partial charge in [-0.15, -0.1) is 0 Å². The summed E-state index contributed by atoms with van der Waals surface area (Å²) in [5.74, 6) is 0.352. The molecule has 0 N–H and O–H groups in total. The van der Waals surface area contributed by atoms with E-state index in [2.05, 4.69) is 15.5 Å². The molecule has 11 heteroatoms. The molecule has 1 aromatic heterocycles. The third kappa shape index (κ3) is 4.28. The van der Waals surface area contributed by atoms with Crippen LogP contribution in [0.4, 0.5) is 5.95 Å². The van der Waals surface area contributed by atoms with Gasteiger partial charge in [-0.05, 0) is 47.5 Å². The predicted octanol–water partition coefficient (Wildman–Crippen LogP) is 1.80. The summed E-state index contributed by atoms with van der Waals surface area (Å²) < 4.78 is 29.8. The van der Waals surface area contributed by atoms with E-state index in [0.29, 0.717) is 45.2 Å². The molecule has 2 saturated heterocycles. The van der Waals surface area contributed by atoms with Gasteiger partial charge in [-0.2, -0.15) is 8.99 Å². The summed E-state index contributed by atoms with van der Waals surface area (Å²) in [6.45, 7) is 2.97. The van der Waals surface area contributed by atoms with Crippen LogP contribution in [0.25, 0.3) is 5.69 Å². The third-order valence-electron chi connectivity index (χ3n) is 6.35. The molecule has 2 aromatic carbocycles. The number of rotatable bonds is 5. The van der Waals surface area contributed by atoms with Crippen LogP contribution in [0.5, 0.6) is 0 Å². The Labute approximate surface area is 198 Å². The normalized spacial score (nSPS) is 17.6. The SMILES string of the molecule is O=C(c1ccccc1S(=O)(=O)N1CCCCC1)N1CCN(c2nnnn2-c2ccccc2)CC1. The highest BCUT2D eigenvalue weighted by Gasteiger charge is 2.32. The minimum Gasteiger partial charge on any atom is -0.336 e. The topological polar surface area (TPSA) is 105 Å². The summed E-state index contributed by atoms with van der Waals surface area (Å²) in [5, 5.41) is 12.1. The van der Waals surface area contributed by atoms with Gasteiger partial charge in [-0.1, -0.05) is 41.9 Å². The molecule has 3 heterocycles. The van der Waals surface area contributed by atoms with Gasteiger partial charge in [-0.3, -0.25) is 4.79 Å². The molecule has 2 fully saturated rings. The molecule has 0 saturated carbocycles. The second-order valence-corrected chi connectivity index (χ2v) is 10.4. The number of carbonyl (C=O) groups is 1. The molecular weight excluding hydrogens is 454 g/mol. The van der Waals surface area contributed by atoms with E-state index >= 15 is 0 Å². The number of hydrogen-bond acceptors (Lipinski definition) is 7. The minimum absolute atomic E-state index is 0.0948. The second kappa shape index (κ2) is 9.51. The van der Waals surface area contributed by atoms with Crippen LogP contribution < -0.4 is 4.90 Å². The van der Waals surface area contributed by atoms with E-state index in [1.54, 1.807) is 33.8 Å². The summed E-state index contributed by atoms with van der Waals surface area (Å²) in [4.78, 5) is 17.2. The van der Waals surface area contributed by atoms with E-state index in [9.17, 15) is 13.2 Å². The number of benzene rings is 2. The molecule has 3 aromatic rings. The zero-order chi connectivity index (χ0) is 23.5. The summed E-state index contributed by atoms with van der Waals surface area (Å²) in [6, 6.07) is 16.2. The fraction of sp³-hybridized carbons (Fsp3) is 0.391. The van der Waals surface area contributed by atoms with Crippen LogP contribution in [-0.4, -0.2) is 83.0 Å². The van der Waals surface area contributed by atoms with Crippen molar-refractivity contribution in [2.75, 3.05) is 44.2 Å². The van der Waals surface area contributed by atoms with E-state index in [-0.39, 0.29) is 16.4 Å². The van der Waals surface area contributed by atoms with Crippen LogP contribution in [0.15, 0.2) is 59.5 Å². The predicted molar refractivity (Wildman–Crippen MR) is 126 cm³/mol. The van der Waals surface area contributed by atoms with Gasteiger partial charge in [-0.25, -0.2) is 8.42 Å². The average Bonchev–Trinajstić information content (AvgIpc) is 3.39. The quantitative estimate of drug-likeness (QED) is 0.547. The largest absolute Gasteiger partial charge is 0.336 e. The Morgan fingerprint density at radius 3 is 2.21 bits per heavy atom. The number of sulfonamides is 1. The Morgan fingerprint density at radius 1 is 0.794 bits per heavy atom. The zero-order valence-electron chi connectivity index (χ0n) is 18.8. The Hall–Kier alpha value is -3.31. The van der Waals surface area contributed by atoms with Gasteiger partial charge in [0.2, 0.25) is 16.0 Å². The van der Waals surface area contributed by atoms with E-state index in [1.807, 2.05) is 35.2 Å². The highest BCUT2D eigenvalue weighted by Crippen LogP contribution is 2.25. The number of piperidine rings is 1. The molecule has 2 aliphatic heterocycles. The number of nitrogens with zero attached hydrogens (tertiary/aromatic N) is 7. The summed E-state index contributed by atoms with van der Waals surface area (Å²) in [7, 11) is -3.71. The molecule has 2 aliphatic rings. The molecule has 0 atom stereocenters. The lowest BCUT2D eigenvalue weighted by molar-refractivity contribution is 0.0742. The zero-order valence-corrected chi connectivity index (χ0v) is 19.6. The highest BCUT2D eigenvalue weighted by atomic mass is 32.2. The van der Waals surface area contributed by atoms with Gasteiger partial charge in [0.25, 0.3) is 5.91 Å². The van der Waals surface area contributed by atoms with Crippen LogP contribution in [0.2, 0.25) is 0 Å². The average molecular weight is 482 g/mol. The van der Waals surface area contributed by atoms with Crippen molar-refractivity contribution in [2.24, 2.45) is 0 Å². The van der Waals surface area contributed by atoms with Gasteiger partial charge in [0.1, 0.15) is 0 Å². The molecule has 178 valence electrons. The Kier molecular flexibility index (Phi) is 6.29. The minimum atomic E-state index is -3.71. The van der Waals surface area contributed by atoms with Crippen molar-refractivity contribution in [2.45, 2.75) is 24.2 Å². The monoisotopic (exact) mass is 481 g/mol. The molecule has 0 unspecified atom stereocenters. The van der Waals surface area contributed by atoms with Crippen LogP contribution in [0.1, 0.15) is 29.6 Å². The van der Waals surface area contributed by atoms with Crippen molar-refractivity contribution in [3.8, 4) is 5.69 Å². The first-order chi connectivity index (χ1) is 16.6. The number of carbonyl (C=O) groups excluding carboxylic acids is 1. The summed E-state index contributed by atoms with van der Waals surface area (Å²) in [6.07, 6.45) is 2.73. The lowest BCUT2D eigenvalue weighted by Gasteiger charge is -2.35. The highest BCUT2D eigenvalue weighted by molar-refractivity contribution is 7.89. The van der Waals surface area contributed by atoms with Crippen molar-refractivity contribution in [1.29, 1.82) is 0 Å². The van der Waals surface area contributed by atoms with Gasteiger partial charge in [0.05, 0.1) is 16.1 Å². The first-order valence-electron chi connectivity index (χ1n) is 11.5. The van der Waals surface area contributed by atoms with Crippen molar-refractivity contribution in [3.05, 3.63) is 60.2 Å². The molecule has 0 spiro atoms. The summed E-state index contributed by atoms with van der Waals surface area (Å²) >= 11 is 0. The molecule has 5 rings (SSSR count). The van der Waals surface area contributed by atoms with Crippen molar-refractivity contribution >= 4 is 21.9 Å². The van der Waals surface area contributed by atoms with Gasteiger partial charge >= 0.3 is 0 Å². The number of amides is 1. The fourth-order valence-electron chi connectivity index (χ4n) is 4.51. The number of anilines is 1. The number of hydrogen-bond donors (Lipinski definition) is 0. The van der Waals surface area contributed by atoms with E-state index < -0.39 is 10.0 Å². The van der Waals surface area contributed by atoms with E-state index in [1.165, 1.54) is 4.31 Å². The van der Waals surface area contributed by atoms with Gasteiger partial charge < -0.3 is 9.80 Å². The van der Waals surface area contributed by atoms with E-state index in [4.69, 9.17) is 0 Å². The lowest BCUT2D eigenvalue weighted by Crippen LogP contribution is -2.49. The van der Waals surface area contributed by atoms with Crippen molar-refractivity contribution < 1.29 is 13.2 Å². The molecule has 10 nitrogen and oxygen atoms in total. The Morgan fingerprint density at radius 2 is 1.47 bits per heavy atom. The second-order valence-electron chi connectivity index (χ2n) is 8.47. The standard InChI is InChI=1S/C23H27N7O3S/c31-22(20-11-5-6-12-21(20)34(32,33)29-13-7-2-8-14-29)27-15-17-28(18-16-27)23-24-25-26-30(23)19-9-3-1-4-10-19/h1,3-6,9-12H,2,7-8,13-18H2. The van der Waals surface area contributed by atoms with Crippen LogP contribution in [0.3, 0.4) is 0 Å².